The van der Waals surface area contributed by atoms with E-state index in [-0.39, 0.29) is 5.41 Å². The number of hydrogen-bond acceptors (Lipinski definition) is 1. The van der Waals surface area contributed by atoms with Crippen LogP contribution in [0.15, 0.2) is 158 Å². The minimum absolute atomic E-state index is 0.166. The molecule has 1 heterocycles. The van der Waals surface area contributed by atoms with Crippen LogP contribution in [-0.4, -0.2) is 0 Å². The highest BCUT2D eigenvalue weighted by Crippen LogP contribution is 2.55. The van der Waals surface area contributed by atoms with Gasteiger partial charge in [-0.25, -0.2) is 0 Å². The van der Waals surface area contributed by atoms with Crippen LogP contribution in [0.5, 0.6) is 0 Å². The molecule has 0 saturated heterocycles. The van der Waals surface area contributed by atoms with Crippen LogP contribution in [0, 0.1) is 0 Å². The van der Waals surface area contributed by atoms with Crippen molar-refractivity contribution in [1.82, 2.24) is 0 Å². The molecule has 0 aliphatic heterocycles. The Morgan fingerprint density at radius 1 is 0.520 bits per heavy atom. The lowest BCUT2D eigenvalue weighted by Gasteiger charge is -2.26. The summed E-state index contributed by atoms with van der Waals surface area (Å²) in [5.41, 5.74) is 10.6. The van der Waals surface area contributed by atoms with Crippen LogP contribution in [0.25, 0.3) is 64.0 Å². The molecule has 0 radical (unpaired) electrons. The minimum Gasteiger partial charge on any atom is -0.135 e. The maximum atomic E-state index is 2.55. The molecule has 0 unspecified atom stereocenters. The van der Waals surface area contributed by atoms with E-state index >= 15 is 0 Å². The van der Waals surface area contributed by atoms with E-state index in [0.717, 1.165) is 12.8 Å². The maximum absolute atomic E-state index is 2.55. The Morgan fingerprint density at radius 3 is 2.06 bits per heavy atom. The second-order valence-corrected chi connectivity index (χ2v) is 15.3. The van der Waals surface area contributed by atoms with Crippen molar-refractivity contribution in [2.45, 2.75) is 32.1 Å². The summed E-state index contributed by atoms with van der Waals surface area (Å²) in [6.07, 6.45) is 11.5. The van der Waals surface area contributed by atoms with Gasteiger partial charge in [0.15, 0.2) is 0 Å². The average molecular weight is 657 g/mol. The highest BCUT2D eigenvalue weighted by atomic mass is 32.1. The summed E-state index contributed by atoms with van der Waals surface area (Å²) in [6, 6.07) is 50.0. The Labute approximate surface area is 296 Å². The van der Waals surface area contributed by atoms with Crippen LogP contribution in [0.4, 0.5) is 0 Å². The zero-order valence-electron chi connectivity index (χ0n) is 28.3. The fourth-order valence-electron chi connectivity index (χ4n) is 8.75. The van der Waals surface area contributed by atoms with Gasteiger partial charge in [-0.3, -0.25) is 0 Å². The Balaban J connectivity index is 1.39. The molecule has 50 heavy (non-hydrogen) atoms. The van der Waals surface area contributed by atoms with E-state index in [1.807, 2.05) is 11.3 Å². The zero-order valence-corrected chi connectivity index (χ0v) is 29.2. The predicted octanol–water partition coefficient (Wildman–Crippen LogP) is 12.0. The van der Waals surface area contributed by atoms with Crippen molar-refractivity contribution >= 4 is 64.2 Å². The van der Waals surface area contributed by atoms with Crippen molar-refractivity contribution in [3.05, 3.63) is 190 Å². The molecule has 2 aliphatic rings. The minimum atomic E-state index is -0.166. The maximum Gasteiger partial charge on any atom is 0.0434 e. The van der Waals surface area contributed by atoms with Gasteiger partial charge < -0.3 is 0 Å². The lowest BCUT2D eigenvalue weighted by Crippen LogP contribution is -2.30. The summed E-state index contributed by atoms with van der Waals surface area (Å²) in [4.78, 5) is 0. The van der Waals surface area contributed by atoms with Gasteiger partial charge in [0.1, 0.15) is 0 Å². The second kappa shape index (κ2) is 11.3. The Kier molecular flexibility index (Phi) is 6.63. The number of fused-ring (bicyclic) bond motifs is 11. The van der Waals surface area contributed by atoms with Crippen LogP contribution >= 0.6 is 11.3 Å². The summed E-state index contributed by atoms with van der Waals surface area (Å²) < 4.78 is 2.72. The molecule has 8 aromatic rings. The molecule has 0 amide bonds. The first kappa shape index (κ1) is 29.4. The van der Waals surface area contributed by atoms with Crippen LogP contribution in [0.2, 0.25) is 0 Å². The van der Waals surface area contributed by atoms with Gasteiger partial charge >= 0.3 is 0 Å². The third-order valence-corrected chi connectivity index (χ3v) is 12.3. The highest BCUT2D eigenvalue weighted by molar-refractivity contribution is 7.26. The average Bonchev–Trinajstić information content (AvgIpc) is 3.66. The van der Waals surface area contributed by atoms with E-state index < -0.39 is 0 Å². The molecular formula is C49H36S. The van der Waals surface area contributed by atoms with E-state index in [4.69, 9.17) is 0 Å². The van der Waals surface area contributed by atoms with E-state index in [1.165, 1.54) is 96.7 Å². The molecule has 0 nitrogen and oxygen atoms in total. The van der Waals surface area contributed by atoms with Crippen LogP contribution in [0.1, 0.15) is 48.9 Å². The number of hydrogen-bond donors (Lipinski definition) is 0. The van der Waals surface area contributed by atoms with Crippen LogP contribution in [-0.2, 0) is 5.41 Å². The SMILES string of the molecule is CC1(C)c2ccccc2-c2c1c(C1=c3cccc/c3=C(c3ccc4ccccc4c3)/C=C/CCC=C1)cc1c2ccc2c3ccccc3sc12. The Hall–Kier alpha value is -5.50. The van der Waals surface area contributed by atoms with Gasteiger partial charge in [0, 0.05) is 31.0 Å². The second-order valence-electron chi connectivity index (χ2n) is 14.3. The number of thiophene rings is 1. The van der Waals surface area contributed by atoms with Crippen molar-refractivity contribution in [3.8, 4) is 11.1 Å². The fraction of sp³-hybridized carbons (Fsp3) is 0.102. The highest BCUT2D eigenvalue weighted by Gasteiger charge is 2.39. The lowest BCUT2D eigenvalue weighted by atomic mass is 9.77. The van der Waals surface area contributed by atoms with Gasteiger partial charge in [-0.15, -0.1) is 11.3 Å². The zero-order chi connectivity index (χ0) is 33.4. The molecule has 0 fully saturated rings. The van der Waals surface area contributed by atoms with Gasteiger partial charge in [0.2, 0.25) is 0 Å². The number of rotatable bonds is 2. The summed E-state index contributed by atoms with van der Waals surface area (Å²) in [6.45, 7) is 4.85. The number of allylic oxidation sites excluding steroid dienone is 4. The molecule has 238 valence electrons. The molecule has 1 aromatic heterocycles. The van der Waals surface area contributed by atoms with E-state index in [1.54, 1.807) is 0 Å². The summed E-state index contributed by atoms with van der Waals surface area (Å²) in [5.74, 6) is 0. The van der Waals surface area contributed by atoms with Gasteiger partial charge in [0.05, 0.1) is 0 Å². The Bertz CT molecular complexity index is 2890. The van der Waals surface area contributed by atoms with Crippen molar-refractivity contribution in [2.75, 3.05) is 0 Å². The molecule has 7 aromatic carbocycles. The van der Waals surface area contributed by atoms with Crippen molar-refractivity contribution < 1.29 is 0 Å². The molecule has 0 saturated carbocycles. The van der Waals surface area contributed by atoms with Gasteiger partial charge in [0.25, 0.3) is 0 Å². The van der Waals surface area contributed by atoms with Crippen molar-refractivity contribution in [2.24, 2.45) is 0 Å². The first-order chi connectivity index (χ1) is 24.6. The van der Waals surface area contributed by atoms with Gasteiger partial charge in [-0.1, -0.05) is 153 Å². The molecule has 0 bridgehead atoms. The standard InChI is InChI=1S/C49H36S/c1-49(2)44-23-13-11-22-41(44)46-39-27-28-40-38-21-12-14-24-45(38)50-48(40)43(39)30-42(47(46)49)37-18-6-4-3-5-17-34(35-19-9-10-20-36(35)37)33-26-25-31-15-7-8-16-32(31)29-33/h5-30H,3-4H2,1-2H3/b17-5+,18-6?,35-34+,37-36?. The van der Waals surface area contributed by atoms with Crippen LogP contribution in [0.3, 0.4) is 0 Å². The van der Waals surface area contributed by atoms with Crippen molar-refractivity contribution in [1.29, 1.82) is 0 Å². The first-order valence-electron chi connectivity index (χ1n) is 17.8. The number of benzene rings is 7. The molecule has 10 rings (SSSR count). The van der Waals surface area contributed by atoms with E-state index in [9.17, 15) is 0 Å². The largest absolute Gasteiger partial charge is 0.135 e. The van der Waals surface area contributed by atoms with Crippen molar-refractivity contribution in [3.63, 3.8) is 0 Å². The normalized spacial score (nSPS) is 16.9. The van der Waals surface area contributed by atoms with E-state index in [2.05, 4.69) is 172 Å². The third kappa shape index (κ3) is 4.36. The van der Waals surface area contributed by atoms with Crippen LogP contribution < -0.4 is 10.4 Å². The van der Waals surface area contributed by atoms with Gasteiger partial charge in [-0.2, -0.15) is 0 Å². The Morgan fingerprint density at radius 2 is 1.20 bits per heavy atom. The predicted molar refractivity (Wildman–Crippen MR) is 217 cm³/mol. The molecule has 0 atom stereocenters. The third-order valence-electron chi connectivity index (χ3n) is 11.1. The van der Waals surface area contributed by atoms with E-state index in [0.29, 0.717) is 0 Å². The summed E-state index contributed by atoms with van der Waals surface area (Å²) >= 11 is 1.93. The quantitative estimate of drug-likeness (QED) is 0.174. The summed E-state index contributed by atoms with van der Waals surface area (Å²) in [5, 5.41) is 10.5. The lowest BCUT2D eigenvalue weighted by molar-refractivity contribution is 0.659. The smallest absolute Gasteiger partial charge is 0.0434 e. The molecule has 0 spiro atoms. The molecule has 0 N–H and O–H groups in total. The molecule has 1 heteroatoms. The topological polar surface area (TPSA) is 0 Å². The fourth-order valence-corrected chi connectivity index (χ4v) is 9.97. The van der Waals surface area contributed by atoms with Gasteiger partial charge in [-0.05, 0) is 102 Å². The molecule has 2 aliphatic carbocycles. The first-order valence-corrected chi connectivity index (χ1v) is 18.6. The monoisotopic (exact) mass is 656 g/mol. The summed E-state index contributed by atoms with van der Waals surface area (Å²) in [7, 11) is 0. The molecular weight excluding hydrogens is 621 g/mol.